The van der Waals surface area contributed by atoms with Crippen LogP contribution in [0.5, 0.6) is 0 Å². The van der Waals surface area contributed by atoms with Crippen molar-refractivity contribution < 1.29 is 9.90 Å². The molecule has 0 aliphatic rings. The first-order valence-electron chi connectivity index (χ1n) is 5.72. The van der Waals surface area contributed by atoms with Crippen LogP contribution < -0.4 is 0 Å². The zero-order valence-corrected chi connectivity index (χ0v) is 10.4. The van der Waals surface area contributed by atoms with Gasteiger partial charge in [0, 0.05) is 11.9 Å². The SMILES string of the molecule is CN(C)C(c1ccc(C(=O)O)cc1)c1ccc[nH]1. The molecular formula is C14H16N2O2. The summed E-state index contributed by atoms with van der Waals surface area (Å²) in [6.45, 7) is 0. The minimum Gasteiger partial charge on any atom is -0.478 e. The van der Waals surface area contributed by atoms with Gasteiger partial charge in [-0.15, -0.1) is 0 Å². The number of rotatable bonds is 4. The first kappa shape index (κ1) is 12.4. The number of carboxylic acids is 1. The van der Waals surface area contributed by atoms with Gasteiger partial charge in [0.1, 0.15) is 0 Å². The third-order valence-corrected chi connectivity index (χ3v) is 2.91. The Bertz CT molecular complexity index is 515. The molecule has 0 bridgehead atoms. The lowest BCUT2D eigenvalue weighted by molar-refractivity contribution is 0.0697. The van der Waals surface area contributed by atoms with Crippen LogP contribution in [0.2, 0.25) is 0 Å². The van der Waals surface area contributed by atoms with Crippen molar-refractivity contribution >= 4 is 5.97 Å². The second kappa shape index (κ2) is 5.06. The lowest BCUT2D eigenvalue weighted by Crippen LogP contribution is -2.21. The topological polar surface area (TPSA) is 56.3 Å². The van der Waals surface area contributed by atoms with Crippen LogP contribution in [-0.4, -0.2) is 35.1 Å². The number of H-pyrrole nitrogens is 1. The highest BCUT2D eigenvalue weighted by Crippen LogP contribution is 2.25. The van der Waals surface area contributed by atoms with Crippen molar-refractivity contribution in [1.29, 1.82) is 0 Å². The number of aromatic carboxylic acids is 1. The van der Waals surface area contributed by atoms with Crippen LogP contribution in [0.25, 0.3) is 0 Å². The van der Waals surface area contributed by atoms with E-state index in [0.717, 1.165) is 11.3 Å². The number of hydrogen-bond donors (Lipinski definition) is 2. The fourth-order valence-corrected chi connectivity index (χ4v) is 2.08. The summed E-state index contributed by atoms with van der Waals surface area (Å²) < 4.78 is 0. The smallest absolute Gasteiger partial charge is 0.335 e. The zero-order valence-electron chi connectivity index (χ0n) is 10.4. The molecule has 0 saturated carbocycles. The van der Waals surface area contributed by atoms with E-state index in [1.54, 1.807) is 12.1 Å². The van der Waals surface area contributed by atoms with Gasteiger partial charge in [-0.1, -0.05) is 12.1 Å². The zero-order chi connectivity index (χ0) is 13.1. The van der Waals surface area contributed by atoms with E-state index in [-0.39, 0.29) is 6.04 Å². The van der Waals surface area contributed by atoms with Crippen LogP contribution in [-0.2, 0) is 0 Å². The molecule has 0 spiro atoms. The molecule has 0 amide bonds. The van der Waals surface area contributed by atoms with Crippen molar-refractivity contribution in [3.63, 3.8) is 0 Å². The first-order valence-corrected chi connectivity index (χ1v) is 5.72. The summed E-state index contributed by atoms with van der Waals surface area (Å²) in [5, 5.41) is 8.89. The summed E-state index contributed by atoms with van der Waals surface area (Å²) in [6.07, 6.45) is 1.89. The molecule has 0 aliphatic heterocycles. The van der Waals surface area contributed by atoms with Gasteiger partial charge in [-0.05, 0) is 43.9 Å². The second-order valence-corrected chi connectivity index (χ2v) is 4.42. The highest BCUT2D eigenvalue weighted by Gasteiger charge is 2.17. The van der Waals surface area contributed by atoms with Crippen molar-refractivity contribution in [2.75, 3.05) is 14.1 Å². The number of hydrogen-bond acceptors (Lipinski definition) is 2. The molecule has 2 rings (SSSR count). The molecule has 1 heterocycles. The lowest BCUT2D eigenvalue weighted by atomic mass is 10.0. The van der Waals surface area contributed by atoms with Crippen LogP contribution in [0.4, 0.5) is 0 Å². The Morgan fingerprint density at radius 2 is 1.89 bits per heavy atom. The molecule has 0 aliphatic carbocycles. The molecule has 1 unspecified atom stereocenters. The van der Waals surface area contributed by atoms with Crippen LogP contribution in [0.15, 0.2) is 42.6 Å². The van der Waals surface area contributed by atoms with Gasteiger partial charge in [0.15, 0.2) is 0 Å². The fourth-order valence-electron chi connectivity index (χ4n) is 2.08. The molecule has 1 aromatic carbocycles. The molecule has 0 fully saturated rings. The number of benzene rings is 1. The molecule has 18 heavy (non-hydrogen) atoms. The third-order valence-electron chi connectivity index (χ3n) is 2.91. The summed E-state index contributed by atoms with van der Waals surface area (Å²) in [7, 11) is 3.99. The van der Waals surface area contributed by atoms with E-state index in [1.165, 1.54) is 0 Å². The first-order chi connectivity index (χ1) is 8.59. The summed E-state index contributed by atoms with van der Waals surface area (Å²) in [5.41, 5.74) is 2.46. The molecule has 0 saturated heterocycles. The van der Waals surface area contributed by atoms with Crippen LogP contribution in [0, 0.1) is 0 Å². The maximum atomic E-state index is 10.8. The summed E-state index contributed by atoms with van der Waals surface area (Å²) in [5.74, 6) is -0.900. The maximum Gasteiger partial charge on any atom is 0.335 e. The third kappa shape index (κ3) is 2.43. The number of nitrogens with zero attached hydrogens (tertiary/aromatic N) is 1. The fraction of sp³-hybridized carbons (Fsp3) is 0.214. The van der Waals surface area contributed by atoms with Crippen molar-refractivity contribution in [1.82, 2.24) is 9.88 Å². The standard InChI is InChI=1S/C14H16N2O2/c1-16(2)13(12-4-3-9-15-12)10-5-7-11(8-6-10)14(17)18/h3-9,13,15H,1-2H3,(H,17,18). The van der Waals surface area contributed by atoms with Crippen molar-refractivity contribution in [2.45, 2.75) is 6.04 Å². The van der Waals surface area contributed by atoms with E-state index >= 15 is 0 Å². The van der Waals surface area contributed by atoms with Gasteiger partial charge in [0.05, 0.1) is 11.6 Å². The Labute approximate surface area is 106 Å². The van der Waals surface area contributed by atoms with E-state index in [9.17, 15) is 4.79 Å². The van der Waals surface area contributed by atoms with Gasteiger partial charge in [-0.2, -0.15) is 0 Å². The largest absolute Gasteiger partial charge is 0.478 e. The summed E-state index contributed by atoms with van der Waals surface area (Å²) in [4.78, 5) is 16.1. The Balaban J connectivity index is 2.35. The van der Waals surface area contributed by atoms with Crippen molar-refractivity contribution in [3.05, 3.63) is 59.4 Å². The van der Waals surface area contributed by atoms with Gasteiger partial charge in [0.25, 0.3) is 0 Å². The highest BCUT2D eigenvalue weighted by molar-refractivity contribution is 5.87. The Hall–Kier alpha value is -2.07. The Morgan fingerprint density at radius 1 is 1.22 bits per heavy atom. The monoisotopic (exact) mass is 244 g/mol. The predicted octanol–water partition coefficient (Wildman–Crippen LogP) is 2.36. The van der Waals surface area contributed by atoms with E-state index in [1.807, 2.05) is 44.6 Å². The number of carbonyl (C=O) groups is 1. The number of nitrogens with one attached hydrogen (secondary N) is 1. The quantitative estimate of drug-likeness (QED) is 0.868. The van der Waals surface area contributed by atoms with E-state index in [0.29, 0.717) is 5.56 Å². The van der Waals surface area contributed by atoms with Crippen LogP contribution in [0.3, 0.4) is 0 Å². The molecule has 1 atom stereocenters. The van der Waals surface area contributed by atoms with Gasteiger partial charge >= 0.3 is 5.97 Å². The van der Waals surface area contributed by atoms with E-state index in [2.05, 4.69) is 9.88 Å². The molecule has 94 valence electrons. The minimum atomic E-state index is -0.900. The van der Waals surface area contributed by atoms with Gasteiger partial charge in [-0.3, -0.25) is 4.90 Å². The Morgan fingerprint density at radius 3 is 2.33 bits per heavy atom. The normalized spacial score (nSPS) is 12.6. The van der Waals surface area contributed by atoms with Crippen molar-refractivity contribution in [2.24, 2.45) is 0 Å². The average Bonchev–Trinajstić information content (AvgIpc) is 2.83. The minimum absolute atomic E-state index is 0.0999. The number of aromatic amines is 1. The summed E-state index contributed by atoms with van der Waals surface area (Å²) >= 11 is 0. The lowest BCUT2D eigenvalue weighted by Gasteiger charge is -2.24. The van der Waals surface area contributed by atoms with Crippen LogP contribution >= 0.6 is 0 Å². The molecule has 2 aromatic rings. The molecule has 0 radical (unpaired) electrons. The molecule has 1 aromatic heterocycles. The number of aromatic nitrogens is 1. The van der Waals surface area contributed by atoms with Gasteiger partial charge in [-0.25, -0.2) is 4.79 Å². The summed E-state index contributed by atoms with van der Waals surface area (Å²) in [6, 6.07) is 11.1. The molecule has 2 N–H and O–H groups in total. The van der Waals surface area contributed by atoms with E-state index < -0.39 is 5.97 Å². The predicted molar refractivity (Wildman–Crippen MR) is 69.7 cm³/mol. The Kier molecular flexibility index (Phi) is 3.48. The molecular weight excluding hydrogens is 228 g/mol. The molecule has 4 nitrogen and oxygen atoms in total. The van der Waals surface area contributed by atoms with Gasteiger partial charge < -0.3 is 10.1 Å². The highest BCUT2D eigenvalue weighted by atomic mass is 16.4. The van der Waals surface area contributed by atoms with E-state index in [4.69, 9.17) is 5.11 Å². The maximum absolute atomic E-state index is 10.8. The average molecular weight is 244 g/mol. The molecule has 4 heteroatoms. The van der Waals surface area contributed by atoms with Crippen molar-refractivity contribution in [3.8, 4) is 0 Å². The second-order valence-electron chi connectivity index (χ2n) is 4.42. The number of carboxylic acid groups (broad SMARTS) is 1. The van der Waals surface area contributed by atoms with Gasteiger partial charge in [0.2, 0.25) is 0 Å². The van der Waals surface area contributed by atoms with Crippen LogP contribution in [0.1, 0.15) is 27.7 Å².